The van der Waals surface area contributed by atoms with Crippen LogP contribution in [-0.4, -0.2) is 17.2 Å². The van der Waals surface area contributed by atoms with Gasteiger partial charge < -0.3 is 10.4 Å². The SMILES string of the molecule is O=C(O)C1(c2ccc(Nc3cccc(Cl)c3)cc2)CC(F)C1. The minimum absolute atomic E-state index is 0.0450. The number of nitrogens with one attached hydrogen (secondary N) is 1. The zero-order chi connectivity index (χ0) is 15.7. The summed E-state index contributed by atoms with van der Waals surface area (Å²) >= 11 is 5.93. The molecule has 1 aliphatic carbocycles. The predicted molar refractivity (Wildman–Crippen MR) is 84.6 cm³/mol. The number of aliphatic carboxylic acids is 1. The molecule has 1 fully saturated rings. The fraction of sp³-hybridized carbons (Fsp3) is 0.235. The highest BCUT2D eigenvalue weighted by atomic mass is 35.5. The van der Waals surface area contributed by atoms with E-state index in [0.717, 1.165) is 11.4 Å². The zero-order valence-electron chi connectivity index (χ0n) is 11.7. The van der Waals surface area contributed by atoms with E-state index in [9.17, 15) is 14.3 Å². The van der Waals surface area contributed by atoms with Crippen LogP contribution in [-0.2, 0) is 10.2 Å². The van der Waals surface area contributed by atoms with E-state index in [1.54, 1.807) is 36.4 Å². The highest BCUT2D eigenvalue weighted by molar-refractivity contribution is 6.30. The third kappa shape index (κ3) is 2.66. The molecule has 0 bridgehead atoms. The van der Waals surface area contributed by atoms with Crippen LogP contribution < -0.4 is 5.32 Å². The molecule has 3 nitrogen and oxygen atoms in total. The van der Waals surface area contributed by atoms with E-state index in [-0.39, 0.29) is 12.8 Å². The van der Waals surface area contributed by atoms with E-state index >= 15 is 0 Å². The number of hydrogen-bond acceptors (Lipinski definition) is 2. The molecule has 1 aliphatic rings. The van der Waals surface area contributed by atoms with E-state index < -0.39 is 17.6 Å². The van der Waals surface area contributed by atoms with Crippen molar-refractivity contribution in [1.29, 1.82) is 0 Å². The minimum atomic E-state index is -1.08. The van der Waals surface area contributed by atoms with Crippen molar-refractivity contribution in [1.82, 2.24) is 0 Å². The molecular formula is C17H15ClFNO2. The minimum Gasteiger partial charge on any atom is -0.481 e. The highest BCUT2D eigenvalue weighted by Gasteiger charge is 2.52. The number of carbonyl (C=O) groups is 1. The van der Waals surface area contributed by atoms with Gasteiger partial charge in [-0.25, -0.2) is 4.39 Å². The summed E-state index contributed by atoms with van der Waals surface area (Å²) < 4.78 is 13.2. The summed E-state index contributed by atoms with van der Waals surface area (Å²) in [6, 6.07) is 14.4. The Labute approximate surface area is 132 Å². The van der Waals surface area contributed by atoms with Crippen LogP contribution in [0.1, 0.15) is 18.4 Å². The first kappa shape index (κ1) is 14.9. The van der Waals surface area contributed by atoms with Crippen LogP contribution in [0.5, 0.6) is 0 Å². The lowest BCUT2D eigenvalue weighted by molar-refractivity contribution is -0.150. The lowest BCUT2D eigenvalue weighted by atomic mass is 9.63. The molecule has 0 saturated heterocycles. The second kappa shape index (κ2) is 5.61. The second-order valence-corrected chi connectivity index (χ2v) is 6.04. The summed E-state index contributed by atoms with van der Waals surface area (Å²) in [5.41, 5.74) is 1.24. The van der Waals surface area contributed by atoms with Crippen LogP contribution in [0.15, 0.2) is 48.5 Å². The molecule has 0 aliphatic heterocycles. The molecule has 2 aromatic carbocycles. The Morgan fingerprint density at radius 2 is 1.86 bits per heavy atom. The van der Waals surface area contributed by atoms with Crippen molar-refractivity contribution >= 4 is 28.9 Å². The summed E-state index contributed by atoms with van der Waals surface area (Å²) in [4.78, 5) is 11.5. The molecule has 2 aromatic rings. The van der Waals surface area contributed by atoms with Gasteiger partial charge in [-0.1, -0.05) is 29.8 Å². The summed E-state index contributed by atoms with van der Waals surface area (Å²) in [6.45, 7) is 0. The Morgan fingerprint density at radius 1 is 1.18 bits per heavy atom. The Balaban J connectivity index is 1.79. The van der Waals surface area contributed by atoms with Gasteiger partial charge in [-0.15, -0.1) is 0 Å². The van der Waals surface area contributed by atoms with Crippen molar-refractivity contribution in [2.75, 3.05) is 5.32 Å². The summed E-state index contributed by atoms with van der Waals surface area (Å²) in [5, 5.41) is 13.2. The molecule has 0 heterocycles. The molecule has 0 amide bonds. The van der Waals surface area contributed by atoms with Crippen LogP contribution in [0.3, 0.4) is 0 Å². The van der Waals surface area contributed by atoms with E-state index in [4.69, 9.17) is 11.6 Å². The first-order valence-electron chi connectivity index (χ1n) is 7.00. The number of alkyl halides is 1. The first-order valence-corrected chi connectivity index (χ1v) is 7.38. The molecule has 0 atom stereocenters. The molecule has 3 rings (SSSR count). The van der Waals surface area contributed by atoms with Crippen molar-refractivity contribution in [3.8, 4) is 0 Å². The summed E-state index contributed by atoms with van der Waals surface area (Å²) in [5.74, 6) is -0.961. The van der Waals surface area contributed by atoms with Gasteiger partial charge in [-0.2, -0.15) is 0 Å². The monoisotopic (exact) mass is 319 g/mol. The molecule has 0 aromatic heterocycles. The second-order valence-electron chi connectivity index (χ2n) is 5.61. The summed E-state index contributed by atoms with van der Waals surface area (Å²) in [7, 11) is 0. The highest BCUT2D eigenvalue weighted by Crippen LogP contribution is 2.46. The average Bonchev–Trinajstić information content (AvgIpc) is 2.44. The molecule has 0 spiro atoms. The van der Waals surface area contributed by atoms with E-state index in [1.165, 1.54) is 0 Å². The fourth-order valence-corrected chi connectivity index (χ4v) is 3.03. The molecule has 5 heteroatoms. The first-order chi connectivity index (χ1) is 10.5. The number of carboxylic acid groups (broad SMARTS) is 1. The number of anilines is 2. The van der Waals surface area contributed by atoms with E-state index in [1.807, 2.05) is 12.1 Å². The Kier molecular flexibility index (Phi) is 3.79. The molecule has 114 valence electrons. The smallest absolute Gasteiger partial charge is 0.314 e. The number of benzene rings is 2. The molecule has 0 radical (unpaired) electrons. The molecular weight excluding hydrogens is 305 g/mol. The van der Waals surface area contributed by atoms with Crippen molar-refractivity contribution in [3.63, 3.8) is 0 Å². The molecule has 0 unspecified atom stereocenters. The van der Waals surface area contributed by atoms with Gasteiger partial charge in [-0.3, -0.25) is 4.79 Å². The van der Waals surface area contributed by atoms with Gasteiger partial charge in [0, 0.05) is 16.4 Å². The van der Waals surface area contributed by atoms with Crippen LogP contribution in [0.2, 0.25) is 5.02 Å². The maximum Gasteiger partial charge on any atom is 0.314 e. The molecule has 1 saturated carbocycles. The van der Waals surface area contributed by atoms with Gasteiger partial charge in [0.15, 0.2) is 0 Å². The maximum absolute atomic E-state index is 13.2. The van der Waals surface area contributed by atoms with Crippen LogP contribution >= 0.6 is 11.6 Å². The van der Waals surface area contributed by atoms with Crippen molar-refractivity contribution in [3.05, 3.63) is 59.1 Å². The van der Waals surface area contributed by atoms with Gasteiger partial charge in [0.25, 0.3) is 0 Å². The quantitative estimate of drug-likeness (QED) is 0.870. The normalized spacial score (nSPS) is 23.6. The lowest BCUT2D eigenvalue weighted by Gasteiger charge is -2.40. The van der Waals surface area contributed by atoms with Crippen molar-refractivity contribution in [2.45, 2.75) is 24.4 Å². The van der Waals surface area contributed by atoms with Crippen LogP contribution in [0, 0.1) is 0 Å². The Bertz CT molecular complexity index is 696. The van der Waals surface area contributed by atoms with Crippen molar-refractivity contribution in [2.24, 2.45) is 0 Å². The largest absolute Gasteiger partial charge is 0.481 e. The number of carboxylic acids is 1. The van der Waals surface area contributed by atoms with E-state index in [2.05, 4.69) is 5.32 Å². The Hall–Kier alpha value is -2.07. The zero-order valence-corrected chi connectivity index (χ0v) is 12.5. The Morgan fingerprint density at radius 3 is 2.41 bits per heavy atom. The number of rotatable bonds is 4. The fourth-order valence-electron chi connectivity index (χ4n) is 2.84. The van der Waals surface area contributed by atoms with Gasteiger partial charge in [0.2, 0.25) is 0 Å². The maximum atomic E-state index is 13.2. The topological polar surface area (TPSA) is 49.3 Å². The van der Waals surface area contributed by atoms with Gasteiger partial charge >= 0.3 is 5.97 Å². The lowest BCUT2D eigenvalue weighted by Crippen LogP contribution is -2.48. The summed E-state index contributed by atoms with van der Waals surface area (Å²) in [6.07, 6.45) is -0.937. The predicted octanol–water partition coefficient (Wildman–Crippen LogP) is 4.54. The third-order valence-corrected chi connectivity index (χ3v) is 4.34. The standard InChI is InChI=1S/C17H15ClFNO2/c18-12-2-1-3-15(8-12)20-14-6-4-11(5-7-14)17(16(21)22)9-13(19)10-17/h1-8,13,20H,9-10H2,(H,21,22). The van der Waals surface area contributed by atoms with Crippen molar-refractivity contribution < 1.29 is 14.3 Å². The molecule has 2 N–H and O–H groups in total. The van der Waals surface area contributed by atoms with Gasteiger partial charge in [0.05, 0.1) is 5.41 Å². The number of halogens is 2. The molecule has 22 heavy (non-hydrogen) atoms. The van der Waals surface area contributed by atoms with E-state index in [0.29, 0.717) is 10.6 Å². The third-order valence-electron chi connectivity index (χ3n) is 4.10. The number of hydrogen-bond donors (Lipinski definition) is 2. The van der Waals surface area contributed by atoms with Crippen LogP contribution in [0.4, 0.5) is 15.8 Å². The average molecular weight is 320 g/mol. The van der Waals surface area contributed by atoms with Gasteiger partial charge in [-0.05, 0) is 48.7 Å². The van der Waals surface area contributed by atoms with Crippen LogP contribution in [0.25, 0.3) is 0 Å². The van der Waals surface area contributed by atoms with Gasteiger partial charge in [0.1, 0.15) is 6.17 Å².